The minimum atomic E-state index is -0.437. The Morgan fingerprint density at radius 2 is 1.79 bits per heavy atom. The van der Waals surface area contributed by atoms with Crippen molar-refractivity contribution >= 4 is 29.3 Å². The number of fused-ring (bicyclic) bond motifs is 2. The maximum Gasteiger partial charge on any atom is 0.410 e. The number of carbonyl (C=O) groups excluding carboxylic acids is 1. The number of rotatable bonds is 2. The molecule has 5 heteroatoms. The van der Waals surface area contributed by atoms with Gasteiger partial charge >= 0.3 is 6.09 Å². The fourth-order valence-corrected chi connectivity index (χ4v) is 4.39. The average Bonchev–Trinajstić information content (AvgIpc) is 2.73. The Morgan fingerprint density at radius 3 is 2.33 bits per heavy atom. The molecule has 2 fully saturated rings. The smallest absolute Gasteiger partial charge is 0.410 e. The van der Waals surface area contributed by atoms with E-state index in [1.807, 2.05) is 37.8 Å². The highest BCUT2D eigenvalue weighted by molar-refractivity contribution is 6.42. The van der Waals surface area contributed by atoms with Gasteiger partial charge in [-0.3, -0.25) is 0 Å². The summed E-state index contributed by atoms with van der Waals surface area (Å²) in [5.41, 5.74) is 0.785. The topological polar surface area (TPSA) is 29.5 Å². The lowest BCUT2D eigenvalue weighted by Gasteiger charge is -2.39. The molecule has 1 amide bonds. The Morgan fingerprint density at radius 1 is 1.17 bits per heavy atom. The van der Waals surface area contributed by atoms with Crippen LogP contribution in [0.2, 0.25) is 10.0 Å². The van der Waals surface area contributed by atoms with Gasteiger partial charge in [0.25, 0.3) is 0 Å². The van der Waals surface area contributed by atoms with Gasteiger partial charge in [-0.05, 0) is 76.5 Å². The third kappa shape index (κ3) is 4.00. The second-order valence-electron chi connectivity index (χ2n) is 8.06. The van der Waals surface area contributed by atoms with Crippen molar-refractivity contribution in [3.8, 4) is 0 Å². The van der Waals surface area contributed by atoms with E-state index in [1.54, 1.807) is 0 Å². The Hall–Kier alpha value is -0.930. The molecule has 0 N–H and O–H groups in total. The van der Waals surface area contributed by atoms with Crippen molar-refractivity contribution in [1.29, 1.82) is 0 Å². The molecule has 1 aromatic rings. The minimum absolute atomic E-state index is 0.150. The Labute approximate surface area is 154 Å². The summed E-state index contributed by atoms with van der Waals surface area (Å²) in [7, 11) is 0. The van der Waals surface area contributed by atoms with Crippen LogP contribution in [0.4, 0.5) is 4.79 Å². The van der Waals surface area contributed by atoms with E-state index in [9.17, 15) is 4.79 Å². The van der Waals surface area contributed by atoms with E-state index < -0.39 is 5.60 Å². The van der Waals surface area contributed by atoms with E-state index >= 15 is 0 Å². The molecule has 2 bridgehead atoms. The molecular weight excluding hydrogens is 345 g/mol. The molecule has 24 heavy (non-hydrogen) atoms. The summed E-state index contributed by atoms with van der Waals surface area (Å²) in [5.74, 6) is 0.582. The predicted molar refractivity (Wildman–Crippen MR) is 97.8 cm³/mol. The molecule has 2 aliphatic rings. The van der Waals surface area contributed by atoms with Crippen molar-refractivity contribution in [2.75, 3.05) is 0 Å². The van der Waals surface area contributed by atoms with Gasteiger partial charge in [-0.1, -0.05) is 29.3 Å². The fourth-order valence-electron chi connectivity index (χ4n) is 4.07. The first-order valence-corrected chi connectivity index (χ1v) is 9.44. The third-order valence-corrected chi connectivity index (χ3v) is 5.68. The van der Waals surface area contributed by atoms with Crippen LogP contribution in [0.5, 0.6) is 0 Å². The molecule has 0 spiro atoms. The number of piperidine rings is 1. The van der Waals surface area contributed by atoms with Gasteiger partial charge < -0.3 is 9.64 Å². The quantitative estimate of drug-likeness (QED) is 0.667. The number of hydrogen-bond acceptors (Lipinski definition) is 2. The molecule has 3 rings (SSSR count). The number of amides is 1. The molecule has 2 saturated heterocycles. The molecule has 2 atom stereocenters. The predicted octanol–water partition coefficient (Wildman–Crippen LogP) is 5.71. The monoisotopic (exact) mass is 369 g/mol. The van der Waals surface area contributed by atoms with Crippen LogP contribution in [0.25, 0.3) is 0 Å². The van der Waals surface area contributed by atoms with E-state index in [2.05, 4.69) is 6.07 Å². The van der Waals surface area contributed by atoms with E-state index in [4.69, 9.17) is 27.9 Å². The van der Waals surface area contributed by atoms with Crippen molar-refractivity contribution in [3.63, 3.8) is 0 Å². The molecule has 1 aromatic carbocycles. The Kier molecular flexibility index (Phi) is 5.04. The van der Waals surface area contributed by atoms with Gasteiger partial charge in [0.1, 0.15) is 5.60 Å². The lowest BCUT2D eigenvalue weighted by molar-refractivity contribution is 0.00216. The SMILES string of the molecule is CC(C)(C)OC(=O)N1C2CCC1CC(Cc1ccc(Cl)c(Cl)c1)C2. The minimum Gasteiger partial charge on any atom is -0.444 e. The van der Waals surface area contributed by atoms with Crippen molar-refractivity contribution in [2.24, 2.45) is 5.92 Å². The fraction of sp³-hybridized carbons (Fsp3) is 0.632. The van der Waals surface area contributed by atoms with Gasteiger partial charge in [-0.15, -0.1) is 0 Å². The molecule has 0 radical (unpaired) electrons. The van der Waals surface area contributed by atoms with Gasteiger partial charge in [0.15, 0.2) is 0 Å². The lowest BCUT2D eigenvalue weighted by atomic mass is 9.86. The number of nitrogens with zero attached hydrogens (tertiary/aromatic N) is 1. The summed E-state index contributed by atoms with van der Waals surface area (Å²) in [6.07, 6.45) is 5.09. The van der Waals surface area contributed by atoms with Crippen LogP contribution in [0.3, 0.4) is 0 Å². The molecule has 0 saturated carbocycles. The van der Waals surface area contributed by atoms with Crippen LogP contribution in [-0.4, -0.2) is 28.7 Å². The van der Waals surface area contributed by atoms with Crippen LogP contribution >= 0.6 is 23.2 Å². The van der Waals surface area contributed by atoms with E-state index in [1.165, 1.54) is 5.56 Å². The van der Waals surface area contributed by atoms with Crippen LogP contribution in [0, 0.1) is 5.92 Å². The second-order valence-corrected chi connectivity index (χ2v) is 8.88. The number of ether oxygens (including phenoxy) is 1. The van der Waals surface area contributed by atoms with Crippen LogP contribution in [-0.2, 0) is 11.2 Å². The summed E-state index contributed by atoms with van der Waals surface area (Å²) in [6, 6.07) is 6.50. The standard InChI is InChI=1S/C19H25Cl2NO2/c1-19(2,3)24-18(23)22-14-5-6-15(22)10-13(9-14)8-12-4-7-16(20)17(21)11-12/h4,7,11,13-15H,5-6,8-10H2,1-3H3. The van der Waals surface area contributed by atoms with Gasteiger partial charge in [-0.2, -0.15) is 0 Å². The molecule has 0 aromatic heterocycles. The maximum absolute atomic E-state index is 12.5. The molecule has 2 unspecified atom stereocenters. The summed E-state index contributed by atoms with van der Waals surface area (Å²) in [6.45, 7) is 5.76. The van der Waals surface area contributed by atoms with Crippen molar-refractivity contribution in [2.45, 2.75) is 70.6 Å². The van der Waals surface area contributed by atoms with Crippen LogP contribution < -0.4 is 0 Å². The molecule has 132 valence electrons. The highest BCUT2D eigenvalue weighted by Crippen LogP contribution is 2.41. The molecular formula is C19H25Cl2NO2. The van der Waals surface area contributed by atoms with Crippen molar-refractivity contribution in [3.05, 3.63) is 33.8 Å². The van der Waals surface area contributed by atoms with Crippen molar-refractivity contribution in [1.82, 2.24) is 4.90 Å². The van der Waals surface area contributed by atoms with Crippen LogP contribution in [0.1, 0.15) is 52.0 Å². The first-order chi connectivity index (χ1) is 11.2. The number of benzene rings is 1. The van der Waals surface area contributed by atoms with E-state index in [-0.39, 0.29) is 6.09 Å². The van der Waals surface area contributed by atoms with Gasteiger partial charge in [0.2, 0.25) is 0 Å². The zero-order valence-corrected chi connectivity index (χ0v) is 16.0. The summed E-state index contributed by atoms with van der Waals surface area (Å²) in [5, 5.41) is 1.21. The largest absolute Gasteiger partial charge is 0.444 e. The molecule has 2 heterocycles. The second kappa shape index (κ2) is 6.76. The zero-order valence-electron chi connectivity index (χ0n) is 14.5. The Bertz CT molecular complexity index is 612. The highest BCUT2D eigenvalue weighted by atomic mass is 35.5. The Balaban J connectivity index is 1.64. The number of carbonyl (C=O) groups is 1. The third-order valence-electron chi connectivity index (χ3n) is 4.94. The molecule has 0 aliphatic carbocycles. The van der Waals surface area contributed by atoms with E-state index in [0.717, 1.165) is 32.1 Å². The zero-order chi connectivity index (χ0) is 17.5. The van der Waals surface area contributed by atoms with Crippen molar-refractivity contribution < 1.29 is 9.53 Å². The molecule has 2 aliphatic heterocycles. The summed E-state index contributed by atoms with van der Waals surface area (Å²) < 4.78 is 5.60. The average molecular weight is 370 g/mol. The number of hydrogen-bond donors (Lipinski definition) is 0. The summed E-state index contributed by atoms with van der Waals surface area (Å²) >= 11 is 12.1. The number of halogens is 2. The van der Waals surface area contributed by atoms with E-state index in [0.29, 0.717) is 28.0 Å². The summed E-state index contributed by atoms with van der Waals surface area (Å²) in [4.78, 5) is 14.5. The van der Waals surface area contributed by atoms with Gasteiger partial charge in [-0.25, -0.2) is 4.79 Å². The first kappa shape index (κ1) is 17.9. The maximum atomic E-state index is 12.5. The van der Waals surface area contributed by atoms with Gasteiger partial charge in [0.05, 0.1) is 10.0 Å². The highest BCUT2D eigenvalue weighted by Gasteiger charge is 2.44. The normalized spacial score (nSPS) is 26.5. The lowest BCUT2D eigenvalue weighted by Crippen LogP contribution is -2.48. The first-order valence-electron chi connectivity index (χ1n) is 8.68. The van der Waals surface area contributed by atoms with Crippen LogP contribution in [0.15, 0.2) is 18.2 Å². The van der Waals surface area contributed by atoms with Gasteiger partial charge in [0, 0.05) is 12.1 Å². The molecule has 3 nitrogen and oxygen atoms in total.